The number of benzene rings is 1. The number of hydrogen-bond donors (Lipinski definition) is 1. The highest BCUT2D eigenvalue weighted by molar-refractivity contribution is 8.00. The van der Waals surface area contributed by atoms with Crippen molar-refractivity contribution >= 4 is 17.4 Å². The number of anilines is 1. The summed E-state index contributed by atoms with van der Waals surface area (Å²) in [5.74, 6) is 0.996. The summed E-state index contributed by atoms with van der Waals surface area (Å²) in [6, 6.07) is 5.88. The summed E-state index contributed by atoms with van der Waals surface area (Å²) < 4.78 is 14.3. The molecule has 1 aromatic carbocycles. The van der Waals surface area contributed by atoms with Gasteiger partial charge in [-0.25, -0.2) is 4.39 Å². The van der Waals surface area contributed by atoms with Gasteiger partial charge in [-0.3, -0.25) is 0 Å². The normalized spacial score (nSPS) is 23.4. The van der Waals surface area contributed by atoms with E-state index in [4.69, 9.17) is 0 Å². The van der Waals surface area contributed by atoms with Crippen LogP contribution in [-0.2, 0) is 6.54 Å². The molecule has 1 saturated heterocycles. The third-order valence-electron chi connectivity index (χ3n) is 4.08. The number of rotatable bonds is 3. The highest BCUT2D eigenvalue weighted by Crippen LogP contribution is 2.32. The molecule has 118 valence electrons. The van der Waals surface area contributed by atoms with Gasteiger partial charge in [0.1, 0.15) is 5.82 Å². The van der Waals surface area contributed by atoms with Crippen LogP contribution in [0.1, 0.15) is 40.2 Å². The highest BCUT2D eigenvalue weighted by Gasteiger charge is 2.27. The van der Waals surface area contributed by atoms with Crippen LogP contribution < -0.4 is 10.2 Å². The third kappa shape index (κ3) is 4.13. The average Bonchev–Trinajstić information content (AvgIpc) is 2.39. The van der Waals surface area contributed by atoms with E-state index in [2.05, 4.69) is 50.9 Å². The Balaban J connectivity index is 2.28. The maximum atomic E-state index is 14.3. The first-order chi connectivity index (χ1) is 9.79. The molecule has 4 heteroatoms. The smallest absolute Gasteiger partial charge is 0.129 e. The molecule has 1 aliphatic rings. The molecule has 1 aromatic rings. The molecular weight excluding hydrogens is 283 g/mol. The van der Waals surface area contributed by atoms with Crippen molar-refractivity contribution in [2.45, 2.75) is 58.0 Å². The Kier molecular flexibility index (Phi) is 5.20. The molecule has 0 radical (unpaired) electrons. The molecule has 1 N–H and O–H groups in total. The standard InChI is InChI=1S/C17H27FN2S/c1-12-13(2)21-10-9-20(12)16-8-6-7-15(18)14(16)11-19-17(3,4)5/h6-8,12-13,19H,9-11H2,1-5H3. The summed E-state index contributed by atoms with van der Waals surface area (Å²) >= 11 is 2.00. The molecule has 2 unspecified atom stereocenters. The first-order valence-electron chi connectivity index (χ1n) is 7.70. The summed E-state index contributed by atoms with van der Waals surface area (Å²) in [5.41, 5.74) is 1.82. The Morgan fingerprint density at radius 3 is 2.71 bits per heavy atom. The highest BCUT2D eigenvalue weighted by atomic mass is 32.2. The van der Waals surface area contributed by atoms with Crippen molar-refractivity contribution in [3.63, 3.8) is 0 Å². The van der Waals surface area contributed by atoms with Gasteiger partial charge in [0, 0.05) is 46.9 Å². The number of halogens is 1. The molecule has 2 nitrogen and oxygen atoms in total. The Hall–Kier alpha value is -0.740. The lowest BCUT2D eigenvalue weighted by atomic mass is 10.0. The fourth-order valence-electron chi connectivity index (χ4n) is 2.62. The second-order valence-corrected chi connectivity index (χ2v) is 8.34. The van der Waals surface area contributed by atoms with Crippen LogP contribution in [0.4, 0.5) is 10.1 Å². The van der Waals surface area contributed by atoms with Crippen LogP contribution in [0.15, 0.2) is 18.2 Å². The molecule has 0 amide bonds. The maximum absolute atomic E-state index is 14.3. The van der Waals surface area contributed by atoms with Gasteiger partial charge in [-0.05, 0) is 39.8 Å². The molecule has 0 aliphatic carbocycles. The molecule has 1 aliphatic heterocycles. The van der Waals surface area contributed by atoms with Crippen LogP contribution in [0.5, 0.6) is 0 Å². The van der Waals surface area contributed by atoms with E-state index in [0.29, 0.717) is 17.8 Å². The van der Waals surface area contributed by atoms with E-state index < -0.39 is 0 Å². The summed E-state index contributed by atoms with van der Waals surface area (Å²) in [4.78, 5) is 2.37. The lowest BCUT2D eigenvalue weighted by Crippen LogP contribution is -2.45. The van der Waals surface area contributed by atoms with Crippen molar-refractivity contribution in [2.24, 2.45) is 0 Å². The van der Waals surface area contributed by atoms with Gasteiger partial charge in [-0.1, -0.05) is 13.0 Å². The summed E-state index contributed by atoms with van der Waals surface area (Å²) in [7, 11) is 0. The minimum Gasteiger partial charge on any atom is -0.367 e. The van der Waals surface area contributed by atoms with Crippen LogP contribution in [0.3, 0.4) is 0 Å². The van der Waals surface area contributed by atoms with Gasteiger partial charge in [-0.15, -0.1) is 0 Å². The zero-order valence-electron chi connectivity index (χ0n) is 13.7. The second-order valence-electron chi connectivity index (χ2n) is 6.85. The molecule has 0 bridgehead atoms. The maximum Gasteiger partial charge on any atom is 0.129 e. The van der Waals surface area contributed by atoms with E-state index in [1.165, 1.54) is 0 Å². The lowest BCUT2D eigenvalue weighted by Gasteiger charge is -2.40. The van der Waals surface area contributed by atoms with E-state index in [1.54, 1.807) is 6.07 Å². The largest absolute Gasteiger partial charge is 0.367 e. The van der Waals surface area contributed by atoms with E-state index >= 15 is 0 Å². The van der Waals surface area contributed by atoms with Crippen molar-refractivity contribution in [1.29, 1.82) is 0 Å². The first kappa shape index (κ1) is 16.6. The molecular formula is C17H27FN2S. The fourth-order valence-corrected chi connectivity index (χ4v) is 3.72. The summed E-state index contributed by atoms with van der Waals surface area (Å²) in [6.07, 6.45) is 0. The SMILES string of the molecule is CC1SCCN(c2cccc(F)c2CNC(C)(C)C)C1C. The molecule has 2 rings (SSSR count). The number of nitrogens with one attached hydrogen (secondary N) is 1. The fraction of sp³-hybridized carbons (Fsp3) is 0.647. The number of nitrogens with zero attached hydrogens (tertiary/aromatic N) is 1. The van der Waals surface area contributed by atoms with Gasteiger partial charge in [0.25, 0.3) is 0 Å². The number of thioether (sulfide) groups is 1. The minimum atomic E-state index is -0.109. The Bertz CT molecular complexity index is 484. The zero-order chi connectivity index (χ0) is 15.6. The minimum absolute atomic E-state index is 0.0176. The second kappa shape index (κ2) is 6.57. The van der Waals surface area contributed by atoms with Gasteiger partial charge in [-0.2, -0.15) is 11.8 Å². The predicted molar refractivity (Wildman–Crippen MR) is 91.7 cm³/mol. The van der Waals surface area contributed by atoms with E-state index in [9.17, 15) is 4.39 Å². The van der Waals surface area contributed by atoms with Crippen molar-refractivity contribution in [2.75, 3.05) is 17.2 Å². The van der Waals surface area contributed by atoms with Crippen molar-refractivity contribution in [3.05, 3.63) is 29.6 Å². The Labute approximate surface area is 132 Å². The predicted octanol–water partition coefficient (Wildman–Crippen LogP) is 4.04. The Morgan fingerprint density at radius 1 is 1.33 bits per heavy atom. The quantitative estimate of drug-likeness (QED) is 0.907. The molecule has 2 atom stereocenters. The molecule has 0 spiro atoms. The van der Waals surface area contributed by atoms with Gasteiger partial charge in [0.2, 0.25) is 0 Å². The third-order valence-corrected chi connectivity index (χ3v) is 5.42. The molecule has 1 heterocycles. The van der Waals surface area contributed by atoms with E-state index in [-0.39, 0.29) is 11.4 Å². The van der Waals surface area contributed by atoms with Crippen molar-refractivity contribution in [3.8, 4) is 0 Å². The van der Waals surface area contributed by atoms with Crippen LogP contribution in [0, 0.1) is 5.82 Å². The van der Waals surface area contributed by atoms with E-state index in [1.807, 2.05) is 17.8 Å². The van der Waals surface area contributed by atoms with Crippen LogP contribution in [-0.4, -0.2) is 29.1 Å². The van der Waals surface area contributed by atoms with Gasteiger partial charge >= 0.3 is 0 Å². The zero-order valence-corrected chi connectivity index (χ0v) is 14.6. The molecule has 21 heavy (non-hydrogen) atoms. The lowest BCUT2D eigenvalue weighted by molar-refractivity contribution is 0.418. The van der Waals surface area contributed by atoms with Crippen LogP contribution >= 0.6 is 11.8 Å². The first-order valence-corrected chi connectivity index (χ1v) is 8.75. The van der Waals surface area contributed by atoms with Gasteiger partial charge in [0.05, 0.1) is 0 Å². The van der Waals surface area contributed by atoms with E-state index in [0.717, 1.165) is 23.5 Å². The summed E-state index contributed by atoms with van der Waals surface area (Å²) in [5, 5.41) is 3.99. The van der Waals surface area contributed by atoms with Crippen LogP contribution in [0.2, 0.25) is 0 Å². The monoisotopic (exact) mass is 310 g/mol. The van der Waals surface area contributed by atoms with Crippen LogP contribution in [0.25, 0.3) is 0 Å². The average molecular weight is 310 g/mol. The van der Waals surface area contributed by atoms with Crippen molar-refractivity contribution < 1.29 is 4.39 Å². The molecule has 0 aromatic heterocycles. The molecule has 1 fully saturated rings. The van der Waals surface area contributed by atoms with Gasteiger partial charge < -0.3 is 10.2 Å². The number of hydrogen-bond acceptors (Lipinski definition) is 3. The van der Waals surface area contributed by atoms with Crippen molar-refractivity contribution in [1.82, 2.24) is 5.32 Å². The molecule has 0 saturated carbocycles. The Morgan fingerprint density at radius 2 is 2.05 bits per heavy atom. The van der Waals surface area contributed by atoms with Gasteiger partial charge in [0.15, 0.2) is 0 Å². The summed E-state index contributed by atoms with van der Waals surface area (Å²) in [6.45, 7) is 12.4. The topological polar surface area (TPSA) is 15.3 Å².